The Hall–Kier alpha value is -1.71. The fourth-order valence-corrected chi connectivity index (χ4v) is 2.25. The number of hydrogen-bond acceptors (Lipinski definition) is 2. The highest BCUT2D eigenvalue weighted by atomic mass is 35.5. The Balaban J connectivity index is 3.11. The second kappa shape index (κ2) is 8.80. The van der Waals surface area contributed by atoms with Gasteiger partial charge in [-0.2, -0.15) is 0 Å². The molecule has 1 aromatic rings. The molecular weight excluding hydrogens is 334 g/mol. The summed E-state index contributed by atoms with van der Waals surface area (Å²) in [5.74, 6) is -0.560. The number of halogens is 3. The third-order valence-electron chi connectivity index (χ3n) is 3.19. The number of likely N-dealkylation sites (N-methyl/N-ethyl adjacent to an activating group) is 1. The summed E-state index contributed by atoms with van der Waals surface area (Å²) in [6, 6.07) is 6.97. The molecule has 0 aliphatic carbocycles. The van der Waals surface area contributed by atoms with E-state index in [1.807, 2.05) is 20.9 Å². The molecule has 0 aliphatic heterocycles. The van der Waals surface area contributed by atoms with E-state index in [4.69, 9.17) is 28.9 Å². The number of nitrogens with zero attached hydrogens (tertiary/aromatic N) is 1. The van der Waals surface area contributed by atoms with Gasteiger partial charge in [0.1, 0.15) is 5.16 Å². The second-order valence-corrected chi connectivity index (χ2v) is 6.01. The summed E-state index contributed by atoms with van der Waals surface area (Å²) < 4.78 is 14.6. The molecule has 0 saturated heterocycles. The van der Waals surface area contributed by atoms with Gasteiger partial charge in [0.2, 0.25) is 0 Å². The average molecular weight is 355 g/mol. The lowest BCUT2D eigenvalue weighted by atomic mass is 10.0. The zero-order valence-corrected chi connectivity index (χ0v) is 15.0. The van der Waals surface area contributed by atoms with E-state index in [1.54, 1.807) is 35.2 Å². The summed E-state index contributed by atoms with van der Waals surface area (Å²) in [6.45, 7) is 7.84. The normalized spacial score (nSPS) is 12.5. The van der Waals surface area contributed by atoms with E-state index in [0.29, 0.717) is 22.3 Å². The second-order valence-electron chi connectivity index (χ2n) is 5.24. The largest absolute Gasteiger partial charge is 0.397 e. The zero-order valence-electron chi connectivity index (χ0n) is 13.5. The Morgan fingerprint density at radius 1 is 1.35 bits per heavy atom. The molecule has 0 fully saturated rings. The predicted molar refractivity (Wildman–Crippen MR) is 98.8 cm³/mol. The Morgan fingerprint density at radius 3 is 2.48 bits per heavy atom. The van der Waals surface area contributed by atoms with Crippen LogP contribution in [0.4, 0.5) is 4.39 Å². The summed E-state index contributed by atoms with van der Waals surface area (Å²) in [5.41, 5.74) is 7.66. The van der Waals surface area contributed by atoms with Crippen molar-refractivity contribution in [2.75, 3.05) is 13.6 Å². The lowest BCUT2D eigenvalue weighted by molar-refractivity contribution is 0.487. The van der Waals surface area contributed by atoms with Gasteiger partial charge in [-0.3, -0.25) is 0 Å². The monoisotopic (exact) mass is 354 g/mol. The van der Waals surface area contributed by atoms with E-state index in [1.165, 1.54) is 6.08 Å². The van der Waals surface area contributed by atoms with Crippen LogP contribution in [0.25, 0.3) is 5.57 Å². The van der Waals surface area contributed by atoms with Gasteiger partial charge in [0.25, 0.3) is 0 Å². The molecule has 0 unspecified atom stereocenters. The van der Waals surface area contributed by atoms with Crippen LogP contribution in [0.5, 0.6) is 0 Å². The lowest BCUT2D eigenvalue weighted by Crippen LogP contribution is -2.17. The molecule has 1 aromatic carbocycles. The molecule has 1 rings (SSSR count). The molecule has 0 heterocycles. The number of rotatable bonds is 6. The molecule has 0 aromatic heterocycles. The van der Waals surface area contributed by atoms with Gasteiger partial charge in [-0.25, -0.2) is 4.39 Å². The lowest BCUT2D eigenvalue weighted by Gasteiger charge is -2.17. The van der Waals surface area contributed by atoms with Crippen molar-refractivity contribution in [1.82, 2.24) is 4.90 Å². The molecule has 2 N–H and O–H groups in total. The van der Waals surface area contributed by atoms with Crippen LogP contribution in [-0.2, 0) is 0 Å². The topological polar surface area (TPSA) is 29.3 Å². The van der Waals surface area contributed by atoms with Gasteiger partial charge in [0, 0.05) is 29.8 Å². The van der Waals surface area contributed by atoms with Crippen molar-refractivity contribution in [1.29, 1.82) is 0 Å². The third kappa shape index (κ3) is 5.15. The Kier molecular flexibility index (Phi) is 7.40. The fraction of sp³-hybridized carbons (Fsp3) is 0.222. The van der Waals surface area contributed by atoms with E-state index in [0.717, 1.165) is 5.57 Å². The van der Waals surface area contributed by atoms with Crippen molar-refractivity contribution in [2.45, 2.75) is 13.8 Å². The van der Waals surface area contributed by atoms with Crippen molar-refractivity contribution in [3.8, 4) is 0 Å². The van der Waals surface area contributed by atoms with E-state index in [-0.39, 0.29) is 11.3 Å². The van der Waals surface area contributed by atoms with Gasteiger partial charge in [-0.05, 0) is 31.6 Å². The van der Waals surface area contributed by atoms with Gasteiger partial charge >= 0.3 is 0 Å². The van der Waals surface area contributed by atoms with Crippen molar-refractivity contribution in [3.05, 3.63) is 75.8 Å². The minimum Gasteiger partial charge on any atom is -0.397 e. The first-order chi connectivity index (χ1) is 10.8. The standard InChI is InChI=1S/C18H21Cl2FN2/c1-5-13(14-8-6-7-9-15(14)19)17(21)16(22)10-11-23(4)18(20)12(2)3/h5-10H,1,11,22H2,2-4H3/b16-10-,17-13-. The van der Waals surface area contributed by atoms with Crippen LogP contribution in [0.2, 0.25) is 5.02 Å². The number of hydrogen-bond donors (Lipinski definition) is 1. The number of allylic oxidation sites excluding steroid dienone is 4. The van der Waals surface area contributed by atoms with Crippen LogP contribution < -0.4 is 5.73 Å². The van der Waals surface area contributed by atoms with Crippen LogP contribution in [0.3, 0.4) is 0 Å². The molecule has 0 atom stereocenters. The predicted octanol–water partition coefficient (Wildman–Crippen LogP) is 5.47. The first-order valence-corrected chi connectivity index (χ1v) is 7.82. The smallest absolute Gasteiger partial charge is 0.153 e. The highest BCUT2D eigenvalue weighted by Gasteiger charge is 2.12. The highest BCUT2D eigenvalue weighted by Crippen LogP contribution is 2.29. The highest BCUT2D eigenvalue weighted by molar-refractivity contribution is 6.32. The van der Waals surface area contributed by atoms with Crippen molar-refractivity contribution >= 4 is 28.8 Å². The van der Waals surface area contributed by atoms with Gasteiger partial charge in [-0.15, -0.1) is 0 Å². The molecule has 5 heteroatoms. The number of benzene rings is 1. The van der Waals surface area contributed by atoms with E-state index < -0.39 is 5.83 Å². The van der Waals surface area contributed by atoms with Crippen LogP contribution in [0.1, 0.15) is 19.4 Å². The summed E-state index contributed by atoms with van der Waals surface area (Å²) in [7, 11) is 1.81. The average Bonchev–Trinajstić information content (AvgIpc) is 2.53. The van der Waals surface area contributed by atoms with Crippen LogP contribution in [-0.4, -0.2) is 18.5 Å². The zero-order chi connectivity index (χ0) is 17.6. The molecular formula is C18H21Cl2FN2. The molecule has 0 amide bonds. The third-order valence-corrected chi connectivity index (χ3v) is 4.19. The van der Waals surface area contributed by atoms with Crippen molar-refractivity contribution < 1.29 is 4.39 Å². The molecule has 2 nitrogen and oxygen atoms in total. The first-order valence-electron chi connectivity index (χ1n) is 7.06. The van der Waals surface area contributed by atoms with Gasteiger partial charge in [0.05, 0.1) is 5.70 Å². The Labute approximate surface area is 147 Å². The van der Waals surface area contributed by atoms with E-state index >= 15 is 0 Å². The molecule has 124 valence electrons. The minimum absolute atomic E-state index is 0.0184. The van der Waals surface area contributed by atoms with Crippen LogP contribution in [0, 0.1) is 0 Å². The first kappa shape index (κ1) is 19.3. The molecule has 0 spiro atoms. The molecule has 23 heavy (non-hydrogen) atoms. The maximum absolute atomic E-state index is 14.6. The van der Waals surface area contributed by atoms with Gasteiger partial charge in [0.15, 0.2) is 5.83 Å². The molecule has 0 radical (unpaired) electrons. The molecule has 0 aliphatic rings. The molecule has 0 saturated carbocycles. The van der Waals surface area contributed by atoms with Gasteiger partial charge < -0.3 is 10.6 Å². The number of nitrogens with two attached hydrogens (primary N) is 1. The maximum Gasteiger partial charge on any atom is 0.153 e. The van der Waals surface area contributed by atoms with Crippen LogP contribution in [0.15, 0.2) is 65.2 Å². The Morgan fingerprint density at radius 2 is 1.96 bits per heavy atom. The van der Waals surface area contributed by atoms with E-state index in [2.05, 4.69) is 6.58 Å². The SMILES string of the molecule is C=C/C(=C(F)\C(N)=C\CN(C)C(Cl)=C(C)C)c1ccccc1Cl. The summed E-state index contributed by atoms with van der Waals surface area (Å²) in [6.07, 6.45) is 2.98. The van der Waals surface area contributed by atoms with Crippen molar-refractivity contribution in [2.24, 2.45) is 5.73 Å². The summed E-state index contributed by atoms with van der Waals surface area (Å²) >= 11 is 12.2. The fourth-order valence-electron chi connectivity index (χ4n) is 1.94. The summed E-state index contributed by atoms with van der Waals surface area (Å²) in [4.78, 5) is 1.78. The molecule has 0 bridgehead atoms. The van der Waals surface area contributed by atoms with Gasteiger partial charge in [-0.1, -0.05) is 54.1 Å². The van der Waals surface area contributed by atoms with E-state index in [9.17, 15) is 4.39 Å². The minimum atomic E-state index is -0.560. The van der Waals surface area contributed by atoms with Crippen LogP contribution >= 0.6 is 23.2 Å². The quantitative estimate of drug-likeness (QED) is 0.541. The maximum atomic E-state index is 14.6. The summed E-state index contributed by atoms with van der Waals surface area (Å²) in [5, 5.41) is 1.04. The van der Waals surface area contributed by atoms with Crippen molar-refractivity contribution in [3.63, 3.8) is 0 Å². The Bertz CT molecular complexity index is 671.